The van der Waals surface area contributed by atoms with Crippen LogP contribution in [0.3, 0.4) is 0 Å². The Morgan fingerprint density at radius 3 is 2.81 bits per heavy atom. The average molecular weight is 436 g/mol. The summed E-state index contributed by atoms with van der Waals surface area (Å²) in [7, 11) is 2.82. The minimum absolute atomic E-state index is 0.121. The molecule has 0 aliphatic carbocycles. The number of thiazole rings is 1. The maximum atomic E-state index is 13.0. The molecular weight excluding hydrogens is 416 g/mol. The zero-order valence-electron chi connectivity index (χ0n) is 17.1. The van der Waals surface area contributed by atoms with Crippen LogP contribution in [0.25, 0.3) is 22.1 Å². The number of hydrogen-bond donors (Lipinski definition) is 0. The van der Waals surface area contributed by atoms with Gasteiger partial charge in [0, 0.05) is 5.56 Å². The molecule has 0 saturated heterocycles. The van der Waals surface area contributed by atoms with E-state index in [0.29, 0.717) is 27.4 Å². The molecule has 0 amide bonds. The van der Waals surface area contributed by atoms with E-state index in [4.69, 9.17) is 9.47 Å². The third-order valence-electron chi connectivity index (χ3n) is 4.74. The van der Waals surface area contributed by atoms with Crippen molar-refractivity contribution in [1.29, 1.82) is 0 Å². The number of esters is 1. The zero-order valence-corrected chi connectivity index (χ0v) is 17.9. The van der Waals surface area contributed by atoms with Gasteiger partial charge in [0.2, 0.25) is 0 Å². The van der Waals surface area contributed by atoms with E-state index in [-0.39, 0.29) is 12.2 Å². The summed E-state index contributed by atoms with van der Waals surface area (Å²) in [6.45, 7) is 3.55. The van der Waals surface area contributed by atoms with Crippen molar-refractivity contribution in [2.45, 2.75) is 6.42 Å². The Bertz CT molecular complexity index is 1400. The molecular formula is C23H20N2O5S. The fourth-order valence-corrected chi connectivity index (χ4v) is 4.33. The fourth-order valence-electron chi connectivity index (χ4n) is 3.34. The number of aromatic nitrogens is 2. The topological polar surface area (TPSA) is 79.1 Å². The van der Waals surface area contributed by atoms with E-state index in [9.17, 15) is 9.59 Å². The standard InChI is InChI=1S/C23H20N2O5S/c1-4-7-15-10-14(11-18(28-2)21(15)30-13-20(26)29-3)12-19-22(27)25-17-9-6-5-8-16(17)24-23(25)31-19/h4-6,8-12H,1,7,13H2,2-3H3/b19-12-. The molecule has 0 spiro atoms. The highest BCUT2D eigenvalue weighted by Crippen LogP contribution is 2.34. The van der Waals surface area contributed by atoms with Gasteiger partial charge in [-0.25, -0.2) is 14.2 Å². The Labute approximate surface area is 181 Å². The van der Waals surface area contributed by atoms with Gasteiger partial charge in [-0.1, -0.05) is 29.5 Å². The van der Waals surface area contributed by atoms with E-state index < -0.39 is 5.97 Å². The molecule has 0 unspecified atom stereocenters. The number of carbonyl (C=O) groups excluding carboxylic acids is 1. The monoisotopic (exact) mass is 436 g/mol. The number of fused-ring (bicyclic) bond motifs is 3. The van der Waals surface area contributed by atoms with Crippen LogP contribution in [0, 0.1) is 0 Å². The molecule has 7 nitrogen and oxygen atoms in total. The second kappa shape index (κ2) is 8.61. The SMILES string of the molecule is C=CCc1cc(/C=c2\sc3nc4ccccc4n3c2=O)cc(OC)c1OCC(=O)OC. The maximum Gasteiger partial charge on any atom is 0.343 e. The quantitative estimate of drug-likeness (QED) is 0.327. The summed E-state index contributed by atoms with van der Waals surface area (Å²) in [5.41, 5.74) is 3.01. The van der Waals surface area contributed by atoms with Gasteiger partial charge in [-0.15, -0.1) is 6.58 Å². The van der Waals surface area contributed by atoms with E-state index in [2.05, 4.69) is 16.3 Å². The third-order valence-corrected chi connectivity index (χ3v) is 5.71. The lowest BCUT2D eigenvalue weighted by Gasteiger charge is -2.15. The first kappa shape index (κ1) is 20.6. The van der Waals surface area contributed by atoms with Crippen LogP contribution in [0.15, 0.2) is 53.8 Å². The summed E-state index contributed by atoms with van der Waals surface area (Å²) < 4.78 is 18.0. The minimum atomic E-state index is -0.493. The summed E-state index contributed by atoms with van der Waals surface area (Å²) >= 11 is 1.33. The summed E-state index contributed by atoms with van der Waals surface area (Å²) in [4.78, 5) is 29.7. The first-order valence-electron chi connectivity index (χ1n) is 9.49. The maximum absolute atomic E-state index is 13.0. The summed E-state index contributed by atoms with van der Waals surface area (Å²) in [6, 6.07) is 11.2. The van der Waals surface area contributed by atoms with Crippen LogP contribution in [0.5, 0.6) is 11.5 Å². The number of allylic oxidation sites excluding steroid dienone is 1. The third kappa shape index (κ3) is 3.89. The fraction of sp³-hybridized carbons (Fsp3) is 0.174. The van der Waals surface area contributed by atoms with Crippen LogP contribution in [-0.4, -0.2) is 36.2 Å². The summed E-state index contributed by atoms with van der Waals surface area (Å²) in [5, 5.41) is 0. The van der Waals surface area contributed by atoms with Crippen molar-refractivity contribution in [3.05, 3.63) is 75.1 Å². The molecule has 158 valence electrons. The van der Waals surface area contributed by atoms with Gasteiger partial charge in [0.15, 0.2) is 23.1 Å². The van der Waals surface area contributed by atoms with Crippen LogP contribution in [-0.2, 0) is 16.0 Å². The second-order valence-electron chi connectivity index (χ2n) is 6.70. The predicted molar refractivity (Wildman–Crippen MR) is 120 cm³/mol. The van der Waals surface area contributed by atoms with Gasteiger partial charge in [-0.2, -0.15) is 0 Å². The van der Waals surface area contributed by atoms with E-state index in [1.807, 2.05) is 30.3 Å². The van der Waals surface area contributed by atoms with Crippen molar-refractivity contribution >= 4 is 39.4 Å². The van der Waals surface area contributed by atoms with E-state index in [0.717, 1.165) is 22.2 Å². The van der Waals surface area contributed by atoms with Gasteiger partial charge in [0.05, 0.1) is 29.8 Å². The van der Waals surface area contributed by atoms with Gasteiger partial charge in [0.1, 0.15) is 0 Å². The van der Waals surface area contributed by atoms with Gasteiger partial charge in [-0.05, 0) is 42.3 Å². The Morgan fingerprint density at radius 2 is 2.06 bits per heavy atom. The van der Waals surface area contributed by atoms with Crippen LogP contribution >= 0.6 is 11.3 Å². The van der Waals surface area contributed by atoms with Gasteiger partial charge < -0.3 is 14.2 Å². The Balaban J connectivity index is 1.82. The molecule has 8 heteroatoms. The summed E-state index contributed by atoms with van der Waals surface area (Å²) in [5.74, 6) is 0.403. The minimum Gasteiger partial charge on any atom is -0.493 e. The predicted octanol–water partition coefficient (Wildman–Crippen LogP) is 2.75. The lowest BCUT2D eigenvalue weighted by atomic mass is 10.1. The number of carbonyl (C=O) groups is 1. The molecule has 0 aliphatic rings. The lowest BCUT2D eigenvalue weighted by molar-refractivity contribution is -0.142. The van der Waals surface area contributed by atoms with Crippen molar-refractivity contribution in [2.24, 2.45) is 0 Å². The number of ether oxygens (including phenoxy) is 3. The molecule has 4 rings (SSSR count). The van der Waals surface area contributed by atoms with Crippen LogP contribution < -0.4 is 19.6 Å². The van der Waals surface area contributed by atoms with Crippen molar-refractivity contribution in [3.8, 4) is 11.5 Å². The van der Waals surface area contributed by atoms with Crippen molar-refractivity contribution in [1.82, 2.24) is 9.38 Å². The lowest BCUT2D eigenvalue weighted by Crippen LogP contribution is -2.22. The average Bonchev–Trinajstić information content (AvgIpc) is 3.28. The van der Waals surface area contributed by atoms with E-state index in [1.165, 1.54) is 25.6 Å². The van der Waals surface area contributed by atoms with Gasteiger partial charge in [-0.3, -0.25) is 4.79 Å². The van der Waals surface area contributed by atoms with E-state index >= 15 is 0 Å². The molecule has 4 aromatic rings. The summed E-state index contributed by atoms with van der Waals surface area (Å²) in [6.07, 6.45) is 4.03. The molecule has 0 bridgehead atoms. The normalized spacial score (nSPS) is 11.7. The smallest absolute Gasteiger partial charge is 0.343 e. The first-order chi connectivity index (χ1) is 15.0. The highest BCUT2D eigenvalue weighted by molar-refractivity contribution is 7.15. The Morgan fingerprint density at radius 1 is 1.26 bits per heavy atom. The molecule has 0 N–H and O–H groups in total. The Kier molecular flexibility index (Phi) is 5.73. The van der Waals surface area contributed by atoms with Gasteiger partial charge in [0.25, 0.3) is 5.56 Å². The van der Waals surface area contributed by atoms with E-state index in [1.54, 1.807) is 22.6 Å². The molecule has 0 aliphatic heterocycles. The number of nitrogens with zero attached hydrogens (tertiary/aromatic N) is 2. The Hall–Kier alpha value is -3.65. The van der Waals surface area contributed by atoms with Crippen molar-refractivity contribution in [3.63, 3.8) is 0 Å². The number of benzene rings is 2. The number of rotatable bonds is 7. The highest BCUT2D eigenvalue weighted by atomic mass is 32.1. The van der Waals surface area contributed by atoms with Gasteiger partial charge >= 0.3 is 5.97 Å². The number of imidazole rings is 1. The molecule has 0 saturated carbocycles. The molecule has 31 heavy (non-hydrogen) atoms. The molecule has 2 aromatic carbocycles. The molecule has 0 atom stereocenters. The largest absolute Gasteiger partial charge is 0.493 e. The zero-order chi connectivity index (χ0) is 22.0. The van der Waals surface area contributed by atoms with Crippen molar-refractivity contribution < 1.29 is 19.0 Å². The first-order valence-corrected chi connectivity index (χ1v) is 10.3. The molecule has 0 fully saturated rings. The van der Waals surface area contributed by atoms with Crippen molar-refractivity contribution in [2.75, 3.05) is 20.8 Å². The van der Waals surface area contributed by atoms with Crippen LogP contribution in [0.4, 0.5) is 0 Å². The van der Waals surface area contributed by atoms with Crippen LogP contribution in [0.2, 0.25) is 0 Å². The molecule has 0 radical (unpaired) electrons. The molecule has 2 aromatic heterocycles. The number of para-hydroxylation sites is 2. The number of hydrogen-bond acceptors (Lipinski definition) is 7. The highest BCUT2D eigenvalue weighted by Gasteiger charge is 2.15. The number of methoxy groups -OCH3 is 2. The molecule has 2 heterocycles. The second-order valence-corrected chi connectivity index (χ2v) is 7.71. The van der Waals surface area contributed by atoms with Crippen LogP contribution in [0.1, 0.15) is 11.1 Å².